The summed E-state index contributed by atoms with van der Waals surface area (Å²) in [5.74, 6) is -0.349. The van der Waals surface area contributed by atoms with E-state index in [0.717, 1.165) is 12.1 Å². The molecule has 1 aromatic carbocycles. The highest BCUT2D eigenvalue weighted by Crippen LogP contribution is 2.23. The van der Waals surface area contributed by atoms with Crippen LogP contribution in [0.5, 0.6) is 5.75 Å². The summed E-state index contributed by atoms with van der Waals surface area (Å²) in [4.78, 5) is 11.3. The first-order chi connectivity index (χ1) is 8.90. The van der Waals surface area contributed by atoms with Gasteiger partial charge in [0.15, 0.2) is 0 Å². The van der Waals surface area contributed by atoms with Crippen molar-refractivity contribution in [2.75, 3.05) is 25.6 Å². The molecule has 0 aliphatic heterocycles. The van der Waals surface area contributed by atoms with Gasteiger partial charge in [-0.25, -0.2) is 4.79 Å². The molecule has 1 rings (SSSR count). The van der Waals surface area contributed by atoms with Crippen molar-refractivity contribution in [1.29, 1.82) is 0 Å². The van der Waals surface area contributed by atoms with Gasteiger partial charge in [-0.15, -0.1) is 13.2 Å². The normalized spacial score (nSPS) is 10.9. The van der Waals surface area contributed by atoms with E-state index in [1.807, 2.05) is 0 Å². The number of anilines is 1. The smallest absolute Gasteiger partial charge is 0.406 e. The quantitative estimate of drug-likeness (QED) is 0.813. The van der Waals surface area contributed by atoms with E-state index in [2.05, 4.69) is 15.4 Å². The second kappa shape index (κ2) is 6.83. The third-order valence-electron chi connectivity index (χ3n) is 1.94. The van der Waals surface area contributed by atoms with Gasteiger partial charge in [0.25, 0.3) is 0 Å². The van der Waals surface area contributed by atoms with Gasteiger partial charge in [-0.3, -0.25) is 0 Å². The Balaban J connectivity index is 2.46. The fraction of sp³-hybridized carbons (Fsp3) is 0.364. The van der Waals surface area contributed by atoms with Gasteiger partial charge < -0.3 is 20.1 Å². The van der Waals surface area contributed by atoms with Gasteiger partial charge >= 0.3 is 12.4 Å². The van der Waals surface area contributed by atoms with Crippen LogP contribution in [0.2, 0.25) is 0 Å². The van der Waals surface area contributed by atoms with E-state index in [-0.39, 0.29) is 5.75 Å². The van der Waals surface area contributed by atoms with Crippen LogP contribution >= 0.6 is 0 Å². The number of nitrogens with one attached hydrogen (secondary N) is 2. The SMILES string of the molecule is COCCNC(=O)Nc1ccc(OC(F)(F)F)cc1. The molecule has 0 saturated heterocycles. The minimum absolute atomic E-state index is 0.331. The maximum absolute atomic E-state index is 11.9. The van der Waals surface area contributed by atoms with Gasteiger partial charge in [0.05, 0.1) is 6.61 Å². The Hall–Kier alpha value is -1.96. The van der Waals surface area contributed by atoms with Crippen LogP contribution in [0.3, 0.4) is 0 Å². The van der Waals surface area contributed by atoms with Crippen molar-refractivity contribution in [2.24, 2.45) is 0 Å². The number of carbonyl (C=O) groups is 1. The molecule has 0 aliphatic carbocycles. The van der Waals surface area contributed by atoms with Crippen LogP contribution in [-0.2, 0) is 4.74 Å². The van der Waals surface area contributed by atoms with Crippen molar-refractivity contribution in [3.8, 4) is 5.75 Å². The second-order valence-electron chi connectivity index (χ2n) is 3.45. The third-order valence-corrected chi connectivity index (χ3v) is 1.94. The lowest BCUT2D eigenvalue weighted by Crippen LogP contribution is -2.31. The maximum Gasteiger partial charge on any atom is 0.573 e. The lowest BCUT2D eigenvalue weighted by atomic mass is 10.3. The zero-order chi connectivity index (χ0) is 14.3. The molecule has 0 fully saturated rings. The topological polar surface area (TPSA) is 59.6 Å². The summed E-state index contributed by atoms with van der Waals surface area (Å²) in [5, 5.41) is 4.95. The van der Waals surface area contributed by atoms with Crippen molar-refractivity contribution < 1.29 is 27.4 Å². The molecule has 0 bridgehead atoms. The van der Waals surface area contributed by atoms with Crippen molar-refractivity contribution in [3.63, 3.8) is 0 Å². The molecule has 0 unspecified atom stereocenters. The van der Waals surface area contributed by atoms with Gasteiger partial charge in [-0.05, 0) is 24.3 Å². The molecule has 0 radical (unpaired) electrons. The number of ether oxygens (including phenoxy) is 2. The Labute approximate surface area is 107 Å². The first-order valence-electron chi connectivity index (χ1n) is 5.30. The van der Waals surface area contributed by atoms with E-state index < -0.39 is 12.4 Å². The first kappa shape index (κ1) is 15.1. The van der Waals surface area contributed by atoms with Crippen LogP contribution in [0.4, 0.5) is 23.7 Å². The molecule has 106 valence electrons. The number of hydrogen-bond acceptors (Lipinski definition) is 3. The minimum atomic E-state index is -4.73. The highest BCUT2D eigenvalue weighted by atomic mass is 19.4. The van der Waals surface area contributed by atoms with E-state index in [0.29, 0.717) is 18.8 Å². The molecule has 8 heteroatoms. The molecule has 0 aliphatic rings. The second-order valence-corrected chi connectivity index (χ2v) is 3.45. The lowest BCUT2D eigenvalue weighted by molar-refractivity contribution is -0.274. The summed E-state index contributed by atoms with van der Waals surface area (Å²) >= 11 is 0. The standard InChI is InChI=1S/C11H13F3N2O3/c1-18-7-6-15-10(17)16-8-2-4-9(5-3-8)19-11(12,13)14/h2-5H,6-7H2,1H3,(H2,15,16,17). The summed E-state index contributed by atoms with van der Waals surface area (Å²) in [7, 11) is 1.50. The molecule has 0 atom stereocenters. The Bertz CT molecular complexity index is 407. The van der Waals surface area contributed by atoms with Crippen LogP contribution in [0.25, 0.3) is 0 Å². The number of halogens is 3. The lowest BCUT2D eigenvalue weighted by Gasteiger charge is -2.10. The fourth-order valence-electron chi connectivity index (χ4n) is 1.18. The van der Waals surface area contributed by atoms with E-state index in [1.54, 1.807) is 0 Å². The highest BCUT2D eigenvalue weighted by Gasteiger charge is 2.30. The third kappa shape index (κ3) is 6.51. The first-order valence-corrected chi connectivity index (χ1v) is 5.30. The molecular formula is C11H13F3N2O3. The number of amides is 2. The van der Waals surface area contributed by atoms with Crippen LogP contribution in [0.15, 0.2) is 24.3 Å². The van der Waals surface area contributed by atoms with Crippen molar-refractivity contribution in [3.05, 3.63) is 24.3 Å². The predicted molar refractivity (Wildman–Crippen MR) is 62.0 cm³/mol. The van der Waals surface area contributed by atoms with Crippen LogP contribution in [0.1, 0.15) is 0 Å². The Morgan fingerprint density at radius 3 is 2.42 bits per heavy atom. The van der Waals surface area contributed by atoms with Crippen molar-refractivity contribution in [2.45, 2.75) is 6.36 Å². The number of rotatable bonds is 5. The average Bonchev–Trinajstić information content (AvgIpc) is 2.30. The fourth-order valence-corrected chi connectivity index (χ4v) is 1.18. The van der Waals surface area contributed by atoms with Crippen molar-refractivity contribution >= 4 is 11.7 Å². The summed E-state index contributed by atoms with van der Waals surface area (Å²) in [6.45, 7) is 0.698. The molecule has 0 saturated carbocycles. The zero-order valence-corrected chi connectivity index (χ0v) is 10.1. The zero-order valence-electron chi connectivity index (χ0n) is 10.1. The van der Waals surface area contributed by atoms with Gasteiger partial charge in [-0.2, -0.15) is 0 Å². The monoisotopic (exact) mass is 278 g/mol. The predicted octanol–water partition coefficient (Wildman–Crippen LogP) is 2.35. The largest absolute Gasteiger partial charge is 0.573 e. The molecule has 0 spiro atoms. The molecule has 2 N–H and O–H groups in total. The summed E-state index contributed by atoms with van der Waals surface area (Å²) in [6.07, 6.45) is -4.73. The minimum Gasteiger partial charge on any atom is -0.406 e. The van der Waals surface area contributed by atoms with E-state index >= 15 is 0 Å². The molecule has 0 aromatic heterocycles. The van der Waals surface area contributed by atoms with E-state index in [1.165, 1.54) is 19.2 Å². The molecular weight excluding hydrogens is 265 g/mol. The number of carbonyl (C=O) groups excluding carboxylic acids is 1. The molecule has 2 amide bonds. The van der Waals surface area contributed by atoms with Gasteiger partial charge in [-0.1, -0.05) is 0 Å². The summed E-state index contributed by atoms with van der Waals surface area (Å²) in [6, 6.07) is 4.35. The Morgan fingerprint density at radius 1 is 1.26 bits per heavy atom. The van der Waals surface area contributed by atoms with Crippen molar-refractivity contribution in [1.82, 2.24) is 5.32 Å². The Kier molecular flexibility index (Phi) is 5.43. The average molecular weight is 278 g/mol. The highest BCUT2D eigenvalue weighted by molar-refractivity contribution is 5.89. The molecule has 5 nitrogen and oxygen atoms in total. The molecule has 0 heterocycles. The van der Waals surface area contributed by atoms with Crippen LogP contribution < -0.4 is 15.4 Å². The van der Waals surface area contributed by atoms with Crippen LogP contribution in [0, 0.1) is 0 Å². The number of hydrogen-bond donors (Lipinski definition) is 2. The summed E-state index contributed by atoms with van der Waals surface area (Å²) < 4.78 is 44.2. The van der Waals surface area contributed by atoms with Crippen LogP contribution in [-0.4, -0.2) is 32.7 Å². The van der Waals surface area contributed by atoms with E-state index in [4.69, 9.17) is 4.74 Å². The molecule has 1 aromatic rings. The molecule has 19 heavy (non-hydrogen) atoms. The Morgan fingerprint density at radius 2 is 1.89 bits per heavy atom. The summed E-state index contributed by atoms with van der Waals surface area (Å²) in [5.41, 5.74) is 0.351. The van der Waals surface area contributed by atoms with E-state index in [9.17, 15) is 18.0 Å². The van der Waals surface area contributed by atoms with Gasteiger partial charge in [0.1, 0.15) is 5.75 Å². The maximum atomic E-state index is 11.9. The number of urea groups is 1. The van der Waals surface area contributed by atoms with Gasteiger partial charge in [0.2, 0.25) is 0 Å². The number of alkyl halides is 3. The van der Waals surface area contributed by atoms with Gasteiger partial charge in [0, 0.05) is 19.3 Å². The number of benzene rings is 1. The number of methoxy groups -OCH3 is 1.